The largest absolute Gasteiger partial charge is 0.494 e. The Hall–Kier alpha value is -2.34. The first-order valence-electron chi connectivity index (χ1n) is 9.00. The van der Waals surface area contributed by atoms with Crippen molar-refractivity contribution in [1.82, 2.24) is 10.9 Å². The molecular weight excluding hydrogens is 348 g/mol. The van der Waals surface area contributed by atoms with Gasteiger partial charge in [0.2, 0.25) is 5.91 Å². The summed E-state index contributed by atoms with van der Waals surface area (Å²) in [5.41, 5.74) is 6.27. The van der Waals surface area contributed by atoms with E-state index in [-0.39, 0.29) is 11.8 Å². The maximum absolute atomic E-state index is 12.2. The molecule has 2 aromatic rings. The molecule has 6 heteroatoms. The summed E-state index contributed by atoms with van der Waals surface area (Å²) in [6.45, 7) is 2.70. The van der Waals surface area contributed by atoms with Crippen LogP contribution in [0.4, 0.5) is 0 Å². The minimum absolute atomic E-state index is 0.218. The topological polar surface area (TPSA) is 67.4 Å². The average Bonchev–Trinajstić information content (AvgIpc) is 3.07. The Morgan fingerprint density at radius 2 is 2.04 bits per heavy atom. The van der Waals surface area contributed by atoms with Crippen molar-refractivity contribution >= 4 is 23.2 Å². The van der Waals surface area contributed by atoms with Crippen LogP contribution in [0.25, 0.3) is 0 Å². The van der Waals surface area contributed by atoms with Gasteiger partial charge in [0.05, 0.1) is 11.5 Å². The summed E-state index contributed by atoms with van der Waals surface area (Å²) >= 11 is 1.53. The molecule has 5 nitrogen and oxygen atoms in total. The molecule has 0 radical (unpaired) electrons. The van der Waals surface area contributed by atoms with Gasteiger partial charge in [-0.25, -0.2) is 0 Å². The van der Waals surface area contributed by atoms with Gasteiger partial charge in [-0.3, -0.25) is 20.4 Å². The van der Waals surface area contributed by atoms with E-state index in [1.54, 1.807) is 0 Å². The molecule has 1 aliphatic carbocycles. The number of fused-ring (bicyclic) bond motifs is 1. The number of benzene rings is 1. The lowest BCUT2D eigenvalue weighted by molar-refractivity contribution is -0.122. The van der Waals surface area contributed by atoms with Gasteiger partial charge < -0.3 is 4.74 Å². The van der Waals surface area contributed by atoms with Crippen LogP contribution in [-0.2, 0) is 17.6 Å². The lowest BCUT2D eigenvalue weighted by atomic mass is 9.90. The number of para-hydroxylation sites is 1. The standard InChI is InChI=1S/C20H24N2O3S/c1-14-9-10-17-15(12-14)13-18(26-17)20(24)22-21-19(23)8-5-11-25-16-6-3-2-4-7-16/h2-4,6-7,13-14H,5,8-12H2,1H3,(H,21,23)(H,22,24)/t14-/m0/s1. The SMILES string of the molecule is C[C@H]1CCc2sc(C(=O)NNC(=O)CCCOc3ccccc3)cc2C1. The molecule has 26 heavy (non-hydrogen) atoms. The third kappa shape index (κ3) is 5.08. The van der Waals surface area contributed by atoms with E-state index >= 15 is 0 Å². The molecule has 0 unspecified atom stereocenters. The van der Waals surface area contributed by atoms with Crippen LogP contribution in [-0.4, -0.2) is 18.4 Å². The first-order valence-corrected chi connectivity index (χ1v) is 9.82. The first kappa shape index (κ1) is 18.5. The number of nitrogens with one attached hydrogen (secondary N) is 2. The van der Waals surface area contributed by atoms with Crippen molar-refractivity contribution in [3.63, 3.8) is 0 Å². The van der Waals surface area contributed by atoms with Crippen molar-refractivity contribution in [2.75, 3.05) is 6.61 Å². The number of carbonyl (C=O) groups excluding carboxylic acids is 2. The van der Waals surface area contributed by atoms with Gasteiger partial charge in [0.1, 0.15) is 5.75 Å². The number of carbonyl (C=O) groups is 2. The molecule has 138 valence electrons. The van der Waals surface area contributed by atoms with E-state index in [1.807, 2.05) is 36.4 Å². The summed E-state index contributed by atoms with van der Waals surface area (Å²) < 4.78 is 5.54. The van der Waals surface area contributed by atoms with Crippen LogP contribution in [0, 0.1) is 5.92 Å². The van der Waals surface area contributed by atoms with E-state index in [2.05, 4.69) is 17.8 Å². The number of thiophene rings is 1. The Labute approximate surface area is 157 Å². The molecule has 1 aromatic heterocycles. The minimum atomic E-state index is -0.245. The van der Waals surface area contributed by atoms with E-state index < -0.39 is 0 Å². The Morgan fingerprint density at radius 1 is 1.23 bits per heavy atom. The summed E-state index contributed by atoms with van der Waals surface area (Å²) in [5, 5.41) is 0. The van der Waals surface area contributed by atoms with Crippen LogP contribution in [0.5, 0.6) is 5.75 Å². The smallest absolute Gasteiger partial charge is 0.279 e. The van der Waals surface area contributed by atoms with Crippen LogP contribution in [0.15, 0.2) is 36.4 Å². The average molecular weight is 372 g/mol. The van der Waals surface area contributed by atoms with E-state index in [0.717, 1.165) is 18.6 Å². The minimum Gasteiger partial charge on any atom is -0.494 e. The van der Waals surface area contributed by atoms with Gasteiger partial charge in [-0.2, -0.15) is 0 Å². The Bertz CT molecular complexity index is 758. The van der Waals surface area contributed by atoms with E-state index in [9.17, 15) is 9.59 Å². The van der Waals surface area contributed by atoms with Crippen molar-refractivity contribution in [1.29, 1.82) is 0 Å². The summed E-state index contributed by atoms with van der Waals surface area (Å²) in [7, 11) is 0. The second kappa shape index (κ2) is 8.85. The molecule has 2 N–H and O–H groups in total. The molecule has 1 aliphatic rings. The summed E-state index contributed by atoms with van der Waals surface area (Å²) in [5.74, 6) is 0.999. The Morgan fingerprint density at radius 3 is 2.85 bits per heavy atom. The quantitative estimate of drug-likeness (QED) is 0.602. The highest BCUT2D eigenvalue weighted by atomic mass is 32.1. The Balaban J connectivity index is 1.37. The zero-order chi connectivity index (χ0) is 18.4. The van der Waals surface area contributed by atoms with Gasteiger partial charge in [-0.15, -0.1) is 11.3 Å². The van der Waals surface area contributed by atoms with Crippen molar-refractivity contribution in [3.05, 3.63) is 51.7 Å². The van der Waals surface area contributed by atoms with Crippen molar-refractivity contribution in [3.8, 4) is 5.75 Å². The molecule has 0 spiro atoms. The zero-order valence-electron chi connectivity index (χ0n) is 14.9. The first-order chi connectivity index (χ1) is 12.6. The molecule has 1 heterocycles. The molecule has 3 rings (SSSR count). The molecule has 1 atom stereocenters. The molecule has 0 fully saturated rings. The summed E-state index contributed by atoms with van der Waals surface area (Å²) in [6, 6.07) is 11.4. The molecule has 0 aliphatic heterocycles. The molecule has 0 saturated heterocycles. The number of aryl methyl sites for hydroxylation is 1. The molecule has 0 bridgehead atoms. The fraction of sp³-hybridized carbons (Fsp3) is 0.400. The number of amides is 2. The number of hydrazine groups is 1. The van der Waals surface area contributed by atoms with Gasteiger partial charge in [0.15, 0.2) is 0 Å². The summed E-state index contributed by atoms with van der Waals surface area (Å²) in [6.07, 6.45) is 4.14. The second-order valence-electron chi connectivity index (χ2n) is 6.67. The van der Waals surface area contributed by atoms with E-state index in [1.165, 1.54) is 28.2 Å². The molecule has 2 amide bonds. The zero-order valence-corrected chi connectivity index (χ0v) is 15.7. The van der Waals surface area contributed by atoms with E-state index in [4.69, 9.17) is 4.74 Å². The van der Waals surface area contributed by atoms with Gasteiger partial charge in [0.25, 0.3) is 5.91 Å². The van der Waals surface area contributed by atoms with Crippen LogP contribution >= 0.6 is 11.3 Å². The van der Waals surface area contributed by atoms with Crippen LogP contribution in [0.1, 0.15) is 46.3 Å². The molecular formula is C20H24N2O3S. The van der Waals surface area contributed by atoms with Gasteiger partial charge in [0, 0.05) is 11.3 Å². The van der Waals surface area contributed by atoms with Crippen molar-refractivity contribution in [2.24, 2.45) is 5.92 Å². The number of ether oxygens (including phenoxy) is 1. The maximum Gasteiger partial charge on any atom is 0.279 e. The van der Waals surface area contributed by atoms with Crippen LogP contribution in [0.2, 0.25) is 0 Å². The Kier molecular flexibility index (Phi) is 6.28. The molecule has 1 aromatic carbocycles. The van der Waals surface area contributed by atoms with Gasteiger partial charge >= 0.3 is 0 Å². The highest BCUT2D eigenvalue weighted by Crippen LogP contribution is 2.32. The molecule has 0 saturated carbocycles. The number of hydrogen-bond donors (Lipinski definition) is 2. The maximum atomic E-state index is 12.2. The monoisotopic (exact) mass is 372 g/mol. The van der Waals surface area contributed by atoms with Crippen molar-refractivity contribution in [2.45, 2.75) is 39.0 Å². The third-order valence-corrected chi connectivity index (χ3v) is 5.66. The lowest BCUT2D eigenvalue weighted by Crippen LogP contribution is -2.41. The van der Waals surface area contributed by atoms with Crippen molar-refractivity contribution < 1.29 is 14.3 Å². The normalized spacial score (nSPS) is 15.8. The van der Waals surface area contributed by atoms with Crippen LogP contribution in [0.3, 0.4) is 0 Å². The van der Waals surface area contributed by atoms with Gasteiger partial charge in [-0.05, 0) is 55.4 Å². The predicted molar refractivity (Wildman–Crippen MR) is 102 cm³/mol. The number of hydrogen-bond acceptors (Lipinski definition) is 4. The second-order valence-corrected chi connectivity index (χ2v) is 7.81. The highest BCUT2D eigenvalue weighted by molar-refractivity contribution is 7.14. The summed E-state index contributed by atoms with van der Waals surface area (Å²) in [4.78, 5) is 26.0. The van der Waals surface area contributed by atoms with E-state index in [0.29, 0.717) is 30.2 Å². The third-order valence-electron chi connectivity index (χ3n) is 4.43. The lowest BCUT2D eigenvalue weighted by Gasteiger charge is -2.16. The number of rotatable bonds is 6. The van der Waals surface area contributed by atoms with Crippen LogP contribution < -0.4 is 15.6 Å². The highest BCUT2D eigenvalue weighted by Gasteiger charge is 2.20. The fourth-order valence-electron chi connectivity index (χ4n) is 3.01. The fourth-order valence-corrected chi connectivity index (χ4v) is 4.11. The van der Waals surface area contributed by atoms with Gasteiger partial charge in [-0.1, -0.05) is 25.1 Å². The predicted octanol–water partition coefficient (Wildman–Crippen LogP) is 3.49.